The van der Waals surface area contributed by atoms with Gasteiger partial charge in [-0.1, -0.05) is 11.6 Å². The molecule has 4 rings (SSSR count). The second kappa shape index (κ2) is 8.85. The van der Waals surface area contributed by atoms with E-state index in [1.54, 1.807) is 59.4 Å². The van der Waals surface area contributed by atoms with Crippen molar-refractivity contribution in [3.05, 3.63) is 77.8 Å². The molecule has 0 radical (unpaired) electrons. The molecule has 9 nitrogen and oxygen atoms in total. The third kappa shape index (κ3) is 4.66. The predicted molar refractivity (Wildman–Crippen MR) is 119 cm³/mol. The van der Waals surface area contributed by atoms with Crippen molar-refractivity contribution < 1.29 is 17.9 Å². The summed E-state index contributed by atoms with van der Waals surface area (Å²) in [4.78, 5) is 4.09. The number of methoxy groups -OCH3 is 1. The molecule has 1 N–H and O–H groups in total. The van der Waals surface area contributed by atoms with E-state index in [0.29, 0.717) is 23.1 Å². The van der Waals surface area contributed by atoms with Gasteiger partial charge in [0.2, 0.25) is 5.88 Å². The van der Waals surface area contributed by atoms with Crippen LogP contribution in [0.3, 0.4) is 0 Å². The molecule has 2 aromatic carbocycles. The topological polar surface area (TPSA) is 108 Å². The number of hydrogen-bond acceptors (Lipinski definition) is 7. The summed E-state index contributed by atoms with van der Waals surface area (Å²) in [6.07, 6.45) is 3.47. The van der Waals surface area contributed by atoms with E-state index >= 15 is 0 Å². The first-order valence-corrected chi connectivity index (χ1v) is 11.2. The van der Waals surface area contributed by atoms with Gasteiger partial charge in [0.05, 0.1) is 7.11 Å². The molecular weight excluding hydrogens is 454 g/mol. The van der Waals surface area contributed by atoms with E-state index in [0.717, 1.165) is 5.82 Å². The minimum Gasteiger partial charge on any atom is -0.495 e. The summed E-state index contributed by atoms with van der Waals surface area (Å²) >= 11 is 5.95. The highest BCUT2D eigenvalue weighted by Gasteiger charge is 2.20. The Balaban J connectivity index is 1.47. The fraction of sp³-hybridized carbons (Fsp3) is 0.0952. The minimum absolute atomic E-state index is 0.0590. The molecule has 0 unspecified atom stereocenters. The Kier molecular flexibility index (Phi) is 5.97. The molecule has 164 valence electrons. The van der Waals surface area contributed by atoms with Crippen molar-refractivity contribution in [3.8, 4) is 23.2 Å². The van der Waals surface area contributed by atoms with Crippen molar-refractivity contribution >= 4 is 27.3 Å². The van der Waals surface area contributed by atoms with Gasteiger partial charge in [-0.05, 0) is 55.5 Å². The SMILES string of the molecule is COc1ccc(Cl)cc1S(=O)(=O)Nc1ccc(Oc2ccc(-n3ccnc3C)nn2)cc1. The van der Waals surface area contributed by atoms with Gasteiger partial charge in [-0.3, -0.25) is 9.29 Å². The van der Waals surface area contributed by atoms with Crippen LogP contribution in [0.1, 0.15) is 5.82 Å². The third-order valence-electron chi connectivity index (χ3n) is 4.44. The molecule has 32 heavy (non-hydrogen) atoms. The number of nitrogens with one attached hydrogen (secondary N) is 1. The molecule has 11 heteroatoms. The lowest BCUT2D eigenvalue weighted by Gasteiger charge is -2.12. The molecule has 0 saturated heterocycles. The quantitative estimate of drug-likeness (QED) is 0.429. The zero-order valence-electron chi connectivity index (χ0n) is 17.1. The number of benzene rings is 2. The van der Waals surface area contributed by atoms with Crippen LogP contribution in [0.15, 0.2) is 71.9 Å². The van der Waals surface area contributed by atoms with Gasteiger partial charge in [-0.25, -0.2) is 13.4 Å². The van der Waals surface area contributed by atoms with Gasteiger partial charge in [0, 0.05) is 29.2 Å². The Bertz CT molecular complexity index is 1340. The molecule has 0 aliphatic carbocycles. The van der Waals surface area contributed by atoms with Gasteiger partial charge in [0.15, 0.2) is 5.82 Å². The Morgan fingerprint density at radius 2 is 1.81 bits per heavy atom. The Hall–Kier alpha value is -3.63. The number of nitrogens with zero attached hydrogens (tertiary/aromatic N) is 4. The van der Waals surface area contributed by atoms with Crippen molar-refractivity contribution in [1.29, 1.82) is 0 Å². The molecule has 2 aromatic heterocycles. The summed E-state index contributed by atoms with van der Waals surface area (Å²) in [6.45, 7) is 1.87. The molecule has 0 spiro atoms. The zero-order valence-corrected chi connectivity index (χ0v) is 18.6. The first-order chi connectivity index (χ1) is 15.4. The summed E-state index contributed by atoms with van der Waals surface area (Å²) in [5.74, 6) is 2.36. The Morgan fingerprint density at radius 1 is 1.03 bits per heavy atom. The van der Waals surface area contributed by atoms with Crippen LogP contribution in [0.5, 0.6) is 17.4 Å². The Labute approximate surface area is 189 Å². The van der Waals surface area contributed by atoms with E-state index in [1.807, 2.05) is 6.92 Å². The van der Waals surface area contributed by atoms with E-state index in [1.165, 1.54) is 19.2 Å². The zero-order chi connectivity index (χ0) is 22.7. The standard InChI is InChI=1S/C21H18ClN5O4S/c1-14-23-11-12-27(14)20-9-10-21(25-24-20)31-17-6-4-16(5-7-17)26-32(28,29)19-13-15(22)3-8-18(19)30-2/h3-13,26H,1-2H3. The van der Waals surface area contributed by atoms with Crippen molar-refractivity contribution in [2.45, 2.75) is 11.8 Å². The highest BCUT2D eigenvalue weighted by atomic mass is 35.5. The van der Waals surface area contributed by atoms with Crippen LogP contribution in [0.2, 0.25) is 5.02 Å². The maximum Gasteiger partial charge on any atom is 0.265 e. The number of aryl methyl sites for hydroxylation is 1. The number of anilines is 1. The largest absolute Gasteiger partial charge is 0.495 e. The predicted octanol–water partition coefficient (Wildman–Crippen LogP) is 4.23. The molecule has 0 fully saturated rings. The smallest absolute Gasteiger partial charge is 0.265 e. The third-order valence-corrected chi connectivity index (χ3v) is 6.08. The lowest BCUT2D eigenvalue weighted by molar-refractivity contribution is 0.403. The second-order valence-electron chi connectivity index (χ2n) is 6.60. The average Bonchev–Trinajstić information content (AvgIpc) is 3.21. The van der Waals surface area contributed by atoms with Crippen molar-refractivity contribution in [3.63, 3.8) is 0 Å². The fourth-order valence-electron chi connectivity index (χ4n) is 2.90. The average molecular weight is 472 g/mol. The number of imidazole rings is 1. The molecule has 4 aromatic rings. The first-order valence-electron chi connectivity index (χ1n) is 9.34. The molecule has 2 heterocycles. The normalized spacial score (nSPS) is 11.2. The number of aromatic nitrogens is 4. The van der Waals surface area contributed by atoms with E-state index in [4.69, 9.17) is 21.1 Å². The van der Waals surface area contributed by atoms with Crippen molar-refractivity contribution in [1.82, 2.24) is 19.7 Å². The van der Waals surface area contributed by atoms with E-state index in [2.05, 4.69) is 19.9 Å². The van der Waals surface area contributed by atoms with Gasteiger partial charge in [-0.2, -0.15) is 0 Å². The van der Waals surface area contributed by atoms with Crippen LogP contribution in [-0.4, -0.2) is 35.3 Å². The summed E-state index contributed by atoms with van der Waals surface area (Å²) < 4.78 is 40.6. The molecular formula is C21H18ClN5O4S. The highest BCUT2D eigenvalue weighted by molar-refractivity contribution is 7.92. The molecule has 0 saturated carbocycles. The number of ether oxygens (including phenoxy) is 2. The monoisotopic (exact) mass is 471 g/mol. The van der Waals surface area contributed by atoms with Gasteiger partial charge in [0.25, 0.3) is 10.0 Å². The van der Waals surface area contributed by atoms with E-state index in [-0.39, 0.29) is 15.7 Å². The molecule has 0 atom stereocenters. The number of sulfonamides is 1. The first kappa shape index (κ1) is 21.6. The second-order valence-corrected chi connectivity index (χ2v) is 8.69. The molecule has 0 bridgehead atoms. The number of hydrogen-bond donors (Lipinski definition) is 1. The molecule has 0 aliphatic heterocycles. The summed E-state index contributed by atoms with van der Waals surface area (Å²) in [7, 11) is -2.52. The van der Waals surface area contributed by atoms with Gasteiger partial charge in [0.1, 0.15) is 22.2 Å². The molecule has 0 amide bonds. The summed E-state index contributed by atoms with van der Waals surface area (Å²) in [5.41, 5.74) is 0.344. The Morgan fingerprint density at radius 3 is 2.44 bits per heavy atom. The molecule has 0 aliphatic rings. The summed E-state index contributed by atoms with van der Waals surface area (Å²) in [5, 5.41) is 8.48. The highest BCUT2D eigenvalue weighted by Crippen LogP contribution is 2.29. The lowest BCUT2D eigenvalue weighted by atomic mass is 10.3. The van der Waals surface area contributed by atoms with E-state index < -0.39 is 10.0 Å². The fourth-order valence-corrected chi connectivity index (χ4v) is 4.39. The van der Waals surface area contributed by atoms with Gasteiger partial charge in [-0.15, -0.1) is 10.2 Å². The van der Waals surface area contributed by atoms with Crippen LogP contribution < -0.4 is 14.2 Å². The van der Waals surface area contributed by atoms with Gasteiger partial charge < -0.3 is 9.47 Å². The van der Waals surface area contributed by atoms with E-state index in [9.17, 15) is 8.42 Å². The van der Waals surface area contributed by atoms with Crippen LogP contribution in [0.4, 0.5) is 5.69 Å². The van der Waals surface area contributed by atoms with Crippen molar-refractivity contribution in [2.24, 2.45) is 0 Å². The maximum absolute atomic E-state index is 12.8. The van der Waals surface area contributed by atoms with Crippen LogP contribution >= 0.6 is 11.6 Å². The van der Waals surface area contributed by atoms with Crippen molar-refractivity contribution in [2.75, 3.05) is 11.8 Å². The van der Waals surface area contributed by atoms with Crippen LogP contribution in [0.25, 0.3) is 5.82 Å². The lowest BCUT2D eigenvalue weighted by Crippen LogP contribution is -2.14. The maximum atomic E-state index is 12.8. The number of halogens is 1. The summed E-state index contributed by atoms with van der Waals surface area (Å²) in [6, 6.07) is 14.2. The van der Waals surface area contributed by atoms with Gasteiger partial charge >= 0.3 is 0 Å². The van der Waals surface area contributed by atoms with Crippen LogP contribution in [-0.2, 0) is 10.0 Å². The minimum atomic E-state index is -3.91. The van der Waals surface area contributed by atoms with Crippen LogP contribution in [0, 0.1) is 6.92 Å². The number of rotatable bonds is 7.